The second kappa shape index (κ2) is 6.71. The molecule has 3 aromatic rings. The molecule has 0 aliphatic carbocycles. The molecule has 128 valence electrons. The molecular weight excluding hydrogens is 313 g/mol. The normalized spacial score (nSPS) is 14.7. The summed E-state index contributed by atoms with van der Waals surface area (Å²) in [6, 6.07) is 15.2. The standard InChI is InChI=1S/C21H22FN3/c1-15-13-21(19-14-16(22)5-10-20(19)23-15)24-17-6-8-18(9-7-17)25-11-3-2-4-12-25/h5-10,13-14H,2-4,11-12H2,1H3,(H,23,24). The van der Waals surface area contributed by atoms with Gasteiger partial charge in [0.2, 0.25) is 0 Å². The smallest absolute Gasteiger partial charge is 0.124 e. The van der Waals surface area contributed by atoms with E-state index >= 15 is 0 Å². The van der Waals surface area contributed by atoms with E-state index in [1.165, 1.54) is 37.1 Å². The van der Waals surface area contributed by atoms with Crippen LogP contribution in [0, 0.1) is 12.7 Å². The van der Waals surface area contributed by atoms with Gasteiger partial charge in [-0.3, -0.25) is 4.98 Å². The summed E-state index contributed by atoms with van der Waals surface area (Å²) in [5.41, 5.74) is 4.86. The summed E-state index contributed by atoms with van der Waals surface area (Å²) in [6.07, 6.45) is 3.88. The van der Waals surface area contributed by atoms with Crippen LogP contribution < -0.4 is 10.2 Å². The van der Waals surface area contributed by atoms with E-state index in [9.17, 15) is 4.39 Å². The minimum atomic E-state index is -0.248. The van der Waals surface area contributed by atoms with E-state index < -0.39 is 0 Å². The Morgan fingerprint density at radius 2 is 1.72 bits per heavy atom. The van der Waals surface area contributed by atoms with Crippen LogP contribution in [0.5, 0.6) is 0 Å². The van der Waals surface area contributed by atoms with E-state index in [-0.39, 0.29) is 5.82 Å². The Hall–Kier alpha value is -2.62. The molecule has 2 heterocycles. The number of nitrogens with one attached hydrogen (secondary N) is 1. The van der Waals surface area contributed by atoms with Crippen LogP contribution in [0.3, 0.4) is 0 Å². The van der Waals surface area contributed by atoms with Crippen LogP contribution in [0.4, 0.5) is 21.5 Å². The number of benzene rings is 2. The Morgan fingerprint density at radius 3 is 2.48 bits per heavy atom. The van der Waals surface area contributed by atoms with Gasteiger partial charge in [0.1, 0.15) is 5.82 Å². The fourth-order valence-electron chi connectivity index (χ4n) is 3.50. The number of fused-ring (bicyclic) bond motifs is 1. The summed E-state index contributed by atoms with van der Waals surface area (Å²) in [5, 5.41) is 4.22. The van der Waals surface area contributed by atoms with Gasteiger partial charge >= 0.3 is 0 Å². The van der Waals surface area contributed by atoms with Gasteiger partial charge in [-0.1, -0.05) is 0 Å². The van der Waals surface area contributed by atoms with Crippen LogP contribution in [0.1, 0.15) is 25.0 Å². The molecule has 25 heavy (non-hydrogen) atoms. The van der Waals surface area contributed by atoms with Crippen LogP contribution in [0.15, 0.2) is 48.5 Å². The quantitative estimate of drug-likeness (QED) is 0.693. The lowest BCUT2D eigenvalue weighted by Crippen LogP contribution is -2.29. The van der Waals surface area contributed by atoms with E-state index in [1.807, 2.05) is 13.0 Å². The second-order valence-electron chi connectivity index (χ2n) is 6.69. The van der Waals surface area contributed by atoms with Crippen LogP contribution >= 0.6 is 0 Å². The highest BCUT2D eigenvalue weighted by Crippen LogP contribution is 2.28. The SMILES string of the molecule is Cc1cc(Nc2ccc(N3CCCCC3)cc2)c2cc(F)ccc2n1. The maximum Gasteiger partial charge on any atom is 0.124 e. The van der Waals surface area contributed by atoms with E-state index in [2.05, 4.69) is 39.5 Å². The average Bonchev–Trinajstić information content (AvgIpc) is 2.64. The summed E-state index contributed by atoms with van der Waals surface area (Å²) >= 11 is 0. The summed E-state index contributed by atoms with van der Waals surface area (Å²) in [7, 11) is 0. The highest BCUT2D eigenvalue weighted by Gasteiger charge is 2.11. The Kier molecular flexibility index (Phi) is 4.26. The van der Waals surface area contributed by atoms with Crippen molar-refractivity contribution < 1.29 is 4.39 Å². The van der Waals surface area contributed by atoms with Crippen molar-refractivity contribution in [1.29, 1.82) is 0 Å². The fourth-order valence-corrected chi connectivity index (χ4v) is 3.50. The number of halogens is 1. The summed E-state index contributed by atoms with van der Waals surface area (Å²) < 4.78 is 13.7. The topological polar surface area (TPSA) is 28.2 Å². The van der Waals surface area contributed by atoms with Gasteiger partial charge in [-0.25, -0.2) is 4.39 Å². The number of aromatic nitrogens is 1. The largest absolute Gasteiger partial charge is 0.372 e. The number of aryl methyl sites for hydroxylation is 1. The van der Waals surface area contributed by atoms with Crippen molar-refractivity contribution in [3.05, 3.63) is 60.0 Å². The molecule has 1 aromatic heterocycles. The van der Waals surface area contributed by atoms with E-state index in [1.54, 1.807) is 6.07 Å². The number of piperidine rings is 1. The zero-order valence-electron chi connectivity index (χ0n) is 14.4. The fraction of sp³-hybridized carbons (Fsp3) is 0.286. The average molecular weight is 335 g/mol. The van der Waals surface area contributed by atoms with Crippen molar-refractivity contribution in [2.24, 2.45) is 0 Å². The minimum Gasteiger partial charge on any atom is -0.372 e. The maximum absolute atomic E-state index is 13.7. The third kappa shape index (κ3) is 3.43. The van der Waals surface area contributed by atoms with E-state index in [4.69, 9.17) is 0 Å². The molecule has 2 aromatic carbocycles. The van der Waals surface area contributed by atoms with E-state index in [0.29, 0.717) is 0 Å². The van der Waals surface area contributed by atoms with Crippen molar-refractivity contribution in [3.8, 4) is 0 Å². The zero-order chi connectivity index (χ0) is 17.2. The molecular formula is C21H22FN3. The number of anilines is 3. The van der Waals surface area contributed by atoms with Crippen LogP contribution in [0.2, 0.25) is 0 Å². The predicted octanol–water partition coefficient (Wildman–Crippen LogP) is 5.42. The van der Waals surface area contributed by atoms with Gasteiger partial charge in [0, 0.05) is 41.2 Å². The Balaban J connectivity index is 1.61. The molecule has 3 nitrogen and oxygen atoms in total. The zero-order valence-corrected chi connectivity index (χ0v) is 14.4. The first-order valence-electron chi connectivity index (χ1n) is 8.88. The molecule has 0 radical (unpaired) electrons. The van der Waals surface area contributed by atoms with Gasteiger partial charge in [0.05, 0.1) is 5.52 Å². The Bertz CT molecular complexity index is 884. The number of hydrogen-bond acceptors (Lipinski definition) is 3. The second-order valence-corrected chi connectivity index (χ2v) is 6.69. The third-order valence-electron chi connectivity index (χ3n) is 4.77. The minimum absolute atomic E-state index is 0.248. The first kappa shape index (κ1) is 15.9. The van der Waals surface area contributed by atoms with Gasteiger partial charge in [0.25, 0.3) is 0 Å². The van der Waals surface area contributed by atoms with Crippen LogP contribution in [-0.2, 0) is 0 Å². The van der Waals surface area contributed by atoms with Crippen molar-refractivity contribution >= 4 is 28.0 Å². The Labute approximate surface area is 147 Å². The van der Waals surface area contributed by atoms with Crippen LogP contribution in [0.25, 0.3) is 10.9 Å². The van der Waals surface area contributed by atoms with Crippen molar-refractivity contribution in [3.63, 3.8) is 0 Å². The molecule has 0 bridgehead atoms. The predicted molar refractivity (Wildman–Crippen MR) is 102 cm³/mol. The first-order chi connectivity index (χ1) is 12.2. The molecule has 1 aliphatic rings. The number of pyridine rings is 1. The molecule has 0 atom stereocenters. The molecule has 1 fully saturated rings. The summed E-state index contributed by atoms with van der Waals surface area (Å²) in [4.78, 5) is 6.92. The summed E-state index contributed by atoms with van der Waals surface area (Å²) in [6.45, 7) is 4.23. The van der Waals surface area contributed by atoms with Gasteiger partial charge in [-0.15, -0.1) is 0 Å². The lowest BCUT2D eigenvalue weighted by atomic mass is 10.1. The molecule has 1 aliphatic heterocycles. The number of nitrogens with zero attached hydrogens (tertiary/aromatic N) is 2. The van der Waals surface area contributed by atoms with Gasteiger partial charge in [-0.2, -0.15) is 0 Å². The van der Waals surface area contributed by atoms with Crippen LogP contribution in [-0.4, -0.2) is 18.1 Å². The van der Waals surface area contributed by atoms with Crippen molar-refractivity contribution in [2.45, 2.75) is 26.2 Å². The maximum atomic E-state index is 13.7. The monoisotopic (exact) mass is 335 g/mol. The van der Waals surface area contributed by atoms with Crippen molar-refractivity contribution in [1.82, 2.24) is 4.98 Å². The van der Waals surface area contributed by atoms with Gasteiger partial charge < -0.3 is 10.2 Å². The lowest BCUT2D eigenvalue weighted by molar-refractivity contribution is 0.578. The highest BCUT2D eigenvalue weighted by atomic mass is 19.1. The van der Waals surface area contributed by atoms with Gasteiger partial charge in [-0.05, 0) is 74.7 Å². The molecule has 1 N–H and O–H groups in total. The molecule has 0 saturated carbocycles. The van der Waals surface area contributed by atoms with Gasteiger partial charge in [0.15, 0.2) is 0 Å². The molecule has 0 unspecified atom stereocenters. The molecule has 0 amide bonds. The van der Waals surface area contributed by atoms with E-state index in [0.717, 1.165) is 41.1 Å². The highest BCUT2D eigenvalue weighted by molar-refractivity contribution is 5.93. The Morgan fingerprint density at radius 1 is 0.960 bits per heavy atom. The van der Waals surface area contributed by atoms with Crippen molar-refractivity contribution in [2.75, 3.05) is 23.3 Å². The molecule has 0 spiro atoms. The molecule has 1 saturated heterocycles. The first-order valence-corrected chi connectivity index (χ1v) is 8.88. The number of rotatable bonds is 3. The lowest BCUT2D eigenvalue weighted by Gasteiger charge is -2.28. The molecule has 4 rings (SSSR count). The molecule has 4 heteroatoms. The summed E-state index contributed by atoms with van der Waals surface area (Å²) in [5.74, 6) is -0.248. The number of hydrogen-bond donors (Lipinski definition) is 1. The third-order valence-corrected chi connectivity index (χ3v) is 4.77.